The Hall–Kier alpha value is -3.18. The van der Waals surface area contributed by atoms with E-state index in [0.29, 0.717) is 0 Å². The molecular weight excluding hydrogens is 357 g/mol. The molecule has 9 nitrogen and oxygen atoms in total. The predicted octanol–water partition coefficient (Wildman–Crippen LogP) is 1.57. The number of amides is 1. The Morgan fingerprint density at radius 1 is 1.38 bits per heavy atom. The zero-order valence-electron chi connectivity index (χ0n) is 13.2. The van der Waals surface area contributed by atoms with Gasteiger partial charge in [-0.2, -0.15) is 13.2 Å². The number of carbonyl (C=O) groups excluding carboxylic acids is 1. The van der Waals surface area contributed by atoms with Crippen LogP contribution in [0.15, 0.2) is 18.3 Å². The molecule has 3 aromatic heterocycles. The van der Waals surface area contributed by atoms with Crippen LogP contribution in [0.25, 0.3) is 16.8 Å². The molecule has 136 valence electrons. The van der Waals surface area contributed by atoms with Crippen molar-refractivity contribution in [1.82, 2.24) is 29.9 Å². The van der Waals surface area contributed by atoms with E-state index in [1.165, 1.54) is 18.3 Å². The number of halogens is 3. The van der Waals surface area contributed by atoms with E-state index in [0.717, 1.165) is 4.40 Å². The Kier molecular flexibility index (Phi) is 3.39. The fraction of sp³-hybridized carbons (Fsp3) is 0.357. The molecule has 3 aromatic rings. The molecular formula is C14H11F3N6O3. The number of hydrogen-bond donors (Lipinski definition) is 1. The van der Waals surface area contributed by atoms with Gasteiger partial charge in [0.25, 0.3) is 5.88 Å². The molecule has 4 rings (SSSR count). The molecule has 1 unspecified atom stereocenters. The maximum Gasteiger partial charge on any atom is 0.452 e. The second-order valence-corrected chi connectivity index (χ2v) is 5.99. The summed E-state index contributed by atoms with van der Waals surface area (Å²) in [5, 5.41) is 9.35. The molecule has 12 heteroatoms. The summed E-state index contributed by atoms with van der Waals surface area (Å²) in [6, 6.07) is 3.03. The van der Waals surface area contributed by atoms with Crippen molar-refractivity contribution in [2.75, 3.05) is 13.2 Å². The Morgan fingerprint density at radius 3 is 2.88 bits per heavy atom. The Morgan fingerprint density at radius 2 is 2.19 bits per heavy atom. The lowest BCUT2D eigenvalue weighted by Crippen LogP contribution is -2.45. The zero-order chi connectivity index (χ0) is 18.5. The van der Waals surface area contributed by atoms with E-state index in [2.05, 4.69) is 25.5 Å². The lowest BCUT2D eigenvalue weighted by Gasteiger charge is -2.20. The fourth-order valence-electron chi connectivity index (χ4n) is 2.56. The van der Waals surface area contributed by atoms with Crippen LogP contribution in [0, 0.1) is 0 Å². The molecule has 0 aromatic carbocycles. The van der Waals surface area contributed by atoms with Crippen molar-refractivity contribution in [2.24, 2.45) is 0 Å². The van der Waals surface area contributed by atoms with E-state index < -0.39 is 23.6 Å². The number of fused-ring (bicyclic) bond motifs is 3. The normalized spacial score (nSPS) is 20.4. The van der Waals surface area contributed by atoms with Gasteiger partial charge in [0.2, 0.25) is 11.5 Å². The molecule has 1 aliphatic heterocycles. The highest BCUT2D eigenvalue weighted by Gasteiger charge is 2.39. The van der Waals surface area contributed by atoms with Crippen molar-refractivity contribution < 1.29 is 27.4 Å². The average Bonchev–Trinajstić information content (AvgIpc) is 3.17. The standard InChI is InChI=1S/C14H11F3N6O3/c1-13(6-26-12(24)20-13)5-25-10-9-21-22-11(14(15,16)17)23(9)8-7(19-10)3-2-4-18-8/h2-4H,5-6H2,1H3,(H,20,24). The van der Waals surface area contributed by atoms with Gasteiger partial charge in [-0.05, 0) is 19.1 Å². The Balaban J connectivity index is 1.81. The van der Waals surface area contributed by atoms with Gasteiger partial charge in [-0.3, -0.25) is 0 Å². The van der Waals surface area contributed by atoms with Gasteiger partial charge in [0.1, 0.15) is 24.3 Å². The van der Waals surface area contributed by atoms with Crippen LogP contribution in [0.3, 0.4) is 0 Å². The van der Waals surface area contributed by atoms with Gasteiger partial charge in [-0.25, -0.2) is 19.2 Å². The van der Waals surface area contributed by atoms with Gasteiger partial charge in [0, 0.05) is 6.20 Å². The number of alkyl carbamates (subject to hydrolysis) is 1. The second-order valence-electron chi connectivity index (χ2n) is 5.99. The van der Waals surface area contributed by atoms with E-state index in [1.54, 1.807) is 6.92 Å². The lowest BCUT2D eigenvalue weighted by molar-refractivity contribution is -0.145. The minimum absolute atomic E-state index is 0.0455. The number of carbonyl (C=O) groups is 1. The maximum absolute atomic E-state index is 13.3. The van der Waals surface area contributed by atoms with Gasteiger partial charge in [-0.15, -0.1) is 10.2 Å². The van der Waals surface area contributed by atoms with Crippen LogP contribution in [0.1, 0.15) is 12.7 Å². The van der Waals surface area contributed by atoms with E-state index in [1.807, 2.05) is 0 Å². The maximum atomic E-state index is 13.3. The monoisotopic (exact) mass is 368 g/mol. The highest BCUT2D eigenvalue weighted by Crippen LogP contribution is 2.32. The fourth-order valence-corrected chi connectivity index (χ4v) is 2.56. The second kappa shape index (κ2) is 5.41. The molecule has 1 amide bonds. The van der Waals surface area contributed by atoms with Crippen LogP contribution in [0.2, 0.25) is 0 Å². The van der Waals surface area contributed by atoms with Gasteiger partial charge < -0.3 is 14.8 Å². The van der Waals surface area contributed by atoms with Crippen LogP contribution in [0.5, 0.6) is 5.88 Å². The van der Waals surface area contributed by atoms with E-state index in [-0.39, 0.29) is 35.9 Å². The molecule has 26 heavy (non-hydrogen) atoms. The van der Waals surface area contributed by atoms with Crippen LogP contribution in [-0.4, -0.2) is 49.4 Å². The summed E-state index contributed by atoms with van der Waals surface area (Å²) >= 11 is 0. The summed E-state index contributed by atoms with van der Waals surface area (Å²) in [6.07, 6.45) is -3.99. The largest absolute Gasteiger partial charge is 0.472 e. The molecule has 0 aliphatic carbocycles. The Bertz CT molecular complexity index is 1020. The number of nitrogens with one attached hydrogen (secondary N) is 1. The number of cyclic esters (lactones) is 1. The molecule has 0 radical (unpaired) electrons. The van der Waals surface area contributed by atoms with Crippen LogP contribution in [-0.2, 0) is 10.9 Å². The molecule has 1 N–H and O–H groups in total. The number of rotatable bonds is 3. The van der Waals surface area contributed by atoms with E-state index in [9.17, 15) is 18.0 Å². The minimum Gasteiger partial charge on any atom is -0.472 e. The van der Waals surface area contributed by atoms with Crippen molar-refractivity contribution in [3.8, 4) is 5.88 Å². The quantitative estimate of drug-likeness (QED) is 0.748. The van der Waals surface area contributed by atoms with Crippen molar-refractivity contribution in [2.45, 2.75) is 18.6 Å². The molecule has 1 fully saturated rings. The lowest BCUT2D eigenvalue weighted by atomic mass is 10.1. The summed E-state index contributed by atoms with van der Waals surface area (Å²) in [4.78, 5) is 19.3. The first-order chi connectivity index (χ1) is 12.3. The molecule has 1 atom stereocenters. The number of hydrogen-bond acceptors (Lipinski definition) is 7. The third-order valence-electron chi connectivity index (χ3n) is 3.76. The number of pyridine rings is 1. The Labute approximate surface area is 143 Å². The molecule has 0 spiro atoms. The predicted molar refractivity (Wildman–Crippen MR) is 79.5 cm³/mol. The van der Waals surface area contributed by atoms with Crippen molar-refractivity contribution in [1.29, 1.82) is 0 Å². The van der Waals surface area contributed by atoms with Crippen LogP contribution in [0.4, 0.5) is 18.0 Å². The van der Waals surface area contributed by atoms with Gasteiger partial charge in [0.15, 0.2) is 5.65 Å². The average molecular weight is 368 g/mol. The third kappa shape index (κ3) is 2.62. The highest BCUT2D eigenvalue weighted by molar-refractivity contribution is 5.76. The number of ether oxygens (including phenoxy) is 2. The molecule has 4 heterocycles. The van der Waals surface area contributed by atoms with Crippen molar-refractivity contribution in [3.05, 3.63) is 24.2 Å². The summed E-state index contributed by atoms with van der Waals surface area (Å²) in [5.74, 6) is -1.39. The molecule has 1 saturated heterocycles. The molecule has 1 aliphatic rings. The van der Waals surface area contributed by atoms with E-state index >= 15 is 0 Å². The first-order valence-corrected chi connectivity index (χ1v) is 7.42. The number of aromatic nitrogens is 5. The van der Waals surface area contributed by atoms with Gasteiger partial charge in [-0.1, -0.05) is 0 Å². The smallest absolute Gasteiger partial charge is 0.452 e. The minimum atomic E-state index is -4.73. The first-order valence-electron chi connectivity index (χ1n) is 7.42. The van der Waals surface area contributed by atoms with Crippen molar-refractivity contribution >= 4 is 22.9 Å². The van der Waals surface area contributed by atoms with Gasteiger partial charge in [0.05, 0.1) is 0 Å². The summed E-state index contributed by atoms with van der Waals surface area (Å²) in [5.41, 5.74) is -0.933. The van der Waals surface area contributed by atoms with Crippen LogP contribution >= 0.6 is 0 Å². The molecule has 0 saturated carbocycles. The third-order valence-corrected chi connectivity index (χ3v) is 3.76. The summed E-state index contributed by atoms with van der Waals surface area (Å²) in [7, 11) is 0. The number of alkyl halides is 3. The van der Waals surface area contributed by atoms with Gasteiger partial charge >= 0.3 is 12.3 Å². The van der Waals surface area contributed by atoms with E-state index in [4.69, 9.17) is 9.47 Å². The SMILES string of the molecule is CC1(COc2nc3cccnc3n3c(C(F)(F)F)nnc23)COC(=O)N1. The van der Waals surface area contributed by atoms with Crippen molar-refractivity contribution in [3.63, 3.8) is 0 Å². The highest BCUT2D eigenvalue weighted by atomic mass is 19.4. The summed E-state index contributed by atoms with van der Waals surface area (Å²) in [6.45, 7) is 1.64. The zero-order valence-corrected chi connectivity index (χ0v) is 13.2. The first kappa shape index (κ1) is 16.3. The summed E-state index contributed by atoms with van der Waals surface area (Å²) < 4.78 is 50.9. The number of nitrogens with zero attached hydrogens (tertiary/aromatic N) is 5. The topological polar surface area (TPSA) is 104 Å². The molecule has 0 bridgehead atoms. The van der Waals surface area contributed by atoms with Crippen LogP contribution < -0.4 is 10.1 Å².